The second kappa shape index (κ2) is 8.87. The Morgan fingerprint density at radius 3 is 2.38 bits per heavy atom. The van der Waals surface area contributed by atoms with Crippen molar-refractivity contribution in [3.05, 3.63) is 29.8 Å². The van der Waals surface area contributed by atoms with Gasteiger partial charge in [0.15, 0.2) is 0 Å². The van der Waals surface area contributed by atoms with Crippen LogP contribution in [0.1, 0.15) is 64.9 Å². The normalized spacial score (nSPS) is 19.0. The van der Waals surface area contributed by atoms with Crippen molar-refractivity contribution in [2.24, 2.45) is 0 Å². The van der Waals surface area contributed by atoms with E-state index < -0.39 is 6.10 Å². The van der Waals surface area contributed by atoms with Crippen LogP contribution < -0.4 is 9.64 Å². The number of hydrogen-bond donors (Lipinski definition) is 2. The quantitative estimate of drug-likeness (QED) is 0.766. The SMILES string of the molecule is CCC(C)(C)c1ccc(OC[C@@H](O)C[NH+](C)C2CCCCC2)cc1. The number of ether oxygens (including phenoxy) is 1. The minimum atomic E-state index is -0.404. The lowest BCUT2D eigenvalue weighted by Gasteiger charge is -2.29. The third-order valence-corrected chi connectivity index (χ3v) is 5.82. The Bertz CT molecular complexity index is 477. The third-order valence-electron chi connectivity index (χ3n) is 5.82. The van der Waals surface area contributed by atoms with Gasteiger partial charge in [-0.05, 0) is 55.2 Å². The number of benzene rings is 1. The van der Waals surface area contributed by atoms with Crippen molar-refractivity contribution in [3.8, 4) is 5.75 Å². The fourth-order valence-corrected chi connectivity index (χ4v) is 3.59. The van der Waals surface area contributed by atoms with E-state index in [1.54, 1.807) is 0 Å². The smallest absolute Gasteiger partial charge is 0.137 e. The molecule has 3 nitrogen and oxygen atoms in total. The Hall–Kier alpha value is -1.06. The predicted octanol–water partition coefficient (Wildman–Crippen LogP) is 2.96. The zero-order valence-corrected chi connectivity index (χ0v) is 16.0. The monoisotopic (exact) mass is 334 g/mol. The van der Waals surface area contributed by atoms with Crippen LogP contribution in [0.3, 0.4) is 0 Å². The van der Waals surface area contributed by atoms with Crippen LogP contribution in [-0.2, 0) is 5.41 Å². The lowest BCUT2D eigenvalue weighted by molar-refractivity contribution is -0.910. The molecule has 0 aliphatic heterocycles. The summed E-state index contributed by atoms with van der Waals surface area (Å²) in [6.07, 6.45) is 7.37. The largest absolute Gasteiger partial charge is 0.491 e. The molecule has 136 valence electrons. The summed E-state index contributed by atoms with van der Waals surface area (Å²) in [7, 11) is 2.21. The van der Waals surface area contributed by atoms with Crippen LogP contribution in [-0.4, -0.2) is 37.5 Å². The third kappa shape index (κ3) is 5.49. The van der Waals surface area contributed by atoms with E-state index in [0.29, 0.717) is 12.6 Å². The van der Waals surface area contributed by atoms with Crippen LogP contribution in [0.15, 0.2) is 24.3 Å². The maximum atomic E-state index is 10.3. The van der Waals surface area contributed by atoms with E-state index in [2.05, 4.69) is 40.0 Å². The fraction of sp³-hybridized carbons (Fsp3) is 0.714. The topological polar surface area (TPSA) is 33.9 Å². The van der Waals surface area contributed by atoms with Crippen molar-refractivity contribution in [1.29, 1.82) is 0 Å². The van der Waals surface area contributed by atoms with Gasteiger partial charge >= 0.3 is 0 Å². The number of quaternary nitrogens is 1. The molecule has 24 heavy (non-hydrogen) atoms. The van der Waals surface area contributed by atoms with Gasteiger partial charge in [0.05, 0.1) is 13.1 Å². The molecule has 0 saturated heterocycles. The van der Waals surface area contributed by atoms with Crippen molar-refractivity contribution in [2.75, 3.05) is 20.2 Å². The molecular weight excluding hydrogens is 298 g/mol. The molecule has 0 heterocycles. The van der Waals surface area contributed by atoms with Crippen LogP contribution in [0.5, 0.6) is 5.75 Å². The molecule has 0 spiro atoms. The fourth-order valence-electron chi connectivity index (χ4n) is 3.59. The van der Waals surface area contributed by atoms with Crippen molar-refractivity contribution < 1.29 is 14.7 Å². The number of nitrogens with one attached hydrogen (secondary N) is 1. The first-order valence-corrected chi connectivity index (χ1v) is 9.66. The second-order valence-electron chi connectivity index (χ2n) is 8.11. The van der Waals surface area contributed by atoms with Crippen molar-refractivity contribution >= 4 is 0 Å². The van der Waals surface area contributed by atoms with Gasteiger partial charge in [-0.1, -0.05) is 39.3 Å². The average Bonchev–Trinajstić information content (AvgIpc) is 2.61. The Kier molecular flexibility index (Phi) is 7.12. The van der Waals surface area contributed by atoms with Crippen LogP contribution >= 0.6 is 0 Å². The molecule has 1 saturated carbocycles. The zero-order valence-electron chi connectivity index (χ0n) is 16.0. The first-order chi connectivity index (χ1) is 11.4. The summed E-state index contributed by atoms with van der Waals surface area (Å²) in [6, 6.07) is 9.05. The molecule has 0 aromatic heterocycles. The van der Waals surface area contributed by atoms with Gasteiger partial charge in [-0.25, -0.2) is 0 Å². The average molecular weight is 335 g/mol. The highest BCUT2D eigenvalue weighted by Gasteiger charge is 2.23. The molecule has 2 N–H and O–H groups in total. The number of aliphatic hydroxyl groups excluding tert-OH is 1. The second-order valence-corrected chi connectivity index (χ2v) is 8.11. The Morgan fingerprint density at radius 1 is 1.17 bits per heavy atom. The Balaban J connectivity index is 1.77. The highest BCUT2D eigenvalue weighted by Crippen LogP contribution is 2.28. The van der Waals surface area contributed by atoms with Gasteiger partial charge in [-0.2, -0.15) is 0 Å². The highest BCUT2D eigenvalue weighted by atomic mass is 16.5. The van der Waals surface area contributed by atoms with E-state index >= 15 is 0 Å². The van der Waals surface area contributed by atoms with Crippen LogP contribution in [0.25, 0.3) is 0 Å². The van der Waals surface area contributed by atoms with E-state index in [-0.39, 0.29) is 5.41 Å². The van der Waals surface area contributed by atoms with E-state index in [0.717, 1.165) is 18.7 Å². The molecule has 0 amide bonds. The number of aliphatic hydroxyl groups is 1. The maximum absolute atomic E-state index is 10.3. The van der Waals surface area contributed by atoms with Gasteiger partial charge in [-0.3, -0.25) is 0 Å². The van der Waals surface area contributed by atoms with E-state index in [1.807, 2.05) is 12.1 Å². The van der Waals surface area contributed by atoms with Gasteiger partial charge in [0.1, 0.15) is 25.0 Å². The zero-order chi connectivity index (χ0) is 17.6. The minimum absolute atomic E-state index is 0.199. The number of rotatable bonds is 8. The summed E-state index contributed by atoms with van der Waals surface area (Å²) >= 11 is 0. The summed E-state index contributed by atoms with van der Waals surface area (Å²) < 4.78 is 5.79. The first kappa shape index (κ1) is 19.3. The lowest BCUT2D eigenvalue weighted by atomic mass is 9.82. The van der Waals surface area contributed by atoms with Gasteiger partial charge in [0, 0.05) is 0 Å². The molecule has 1 aliphatic carbocycles. The number of hydrogen-bond acceptors (Lipinski definition) is 2. The molecule has 1 aromatic carbocycles. The molecule has 0 radical (unpaired) electrons. The van der Waals surface area contributed by atoms with Crippen LogP contribution in [0.4, 0.5) is 0 Å². The Labute approximate surface area is 148 Å². The predicted molar refractivity (Wildman–Crippen MR) is 99.9 cm³/mol. The van der Waals surface area contributed by atoms with Crippen molar-refractivity contribution in [3.63, 3.8) is 0 Å². The molecule has 1 unspecified atom stereocenters. The van der Waals surface area contributed by atoms with Gasteiger partial charge in [-0.15, -0.1) is 0 Å². The Morgan fingerprint density at radius 2 is 1.79 bits per heavy atom. The standard InChI is InChI=1S/C21H35NO2/c1-5-21(2,3)17-11-13-20(14-12-17)24-16-19(23)15-22(4)18-9-7-6-8-10-18/h11-14,18-19,23H,5-10,15-16H2,1-4H3/p+1/t19-/m0/s1. The summed E-state index contributed by atoms with van der Waals surface area (Å²) in [6.45, 7) is 7.88. The van der Waals surface area contributed by atoms with Gasteiger partial charge in [0.2, 0.25) is 0 Å². The van der Waals surface area contributed by atoms with Crippen molar-refractivity contribution in [2.45, 2.75) is 76.9 Å². The molecule has 0 bridgehead atoms. The molecule has 3 heteroatoms. The van der Waals surface area contributed by atoms with Gasteiger partial charge in [0.25, 0.3) is 0 Å². The molecule has 1 fully saturated rings. The minimum Gasteiger partial charge on any atom is -0.491 e. The summed E-state index contributed by atoms with van der Waals surface area (Å²) in [5.74, 6) is 0.847. The summed E-state index contributed by atoms with van der Waals surface area (Å²) in [5.41, 5.74) is 1.53. The van der Waals surface area contributed by atoms with E-state index in [9.17, 15) is 5.11 Å². The lowest BCUT2D eigenvalue weighted by Crippen LogP contribution is -3.14. The molecule has 1 aliphatic rings. The van der Waals surface area contributed by atoms with Crippen LogP contribution in [0.2, 0.25) is 0 Å². The summed E-state index contributed by atoms with van der Waals surface area (Å²) in [5, 5.41) is 10.3. The molecule has 2 rings (SSSR count). The maximum Gasteiger partial charge on any atom is 0.137 e. The highest BCUT2D eigenvalue weighted by molar-refractivity contribution is 5.31. The molecule has 2 atom stereocenters. The summed E-state index contributed by atoms with van der Waals surface area (Å²) in [4.78, 5) is 1.45. The van der Waals surface area contributed by atoms with Gasteiger partial charge < -0.3 is 14.7 Å². The van der Waals surface area contributed by atoms with Crippen LogP contribution in [0, 0.1) is 0 Å². The number of likely N-dealkylation sites (N-methyl/N-ethyl adjacent to an activating group) is 1. The molecular formula is C21H36NO2+. The molecule has 1 aromatic rings. The van der Waals surface area contributed by atoms with E-state index in [4.69, 9.17) is 4.74 Å². The first-order valence-electron chi connectivity index (χ1n) is 9.66. The van der Waals surface area contributed by atoms with Crippen molar-refractivity contribution in [1.82, 2.24) is 0 Å². The van der Waals surface area contributed by atoms with E-state index in [1.165, 1.54) is 42.6 Å².